The number of ketones is 1. The van der Waals surface area contributed by atoms with Crippen LogP contribution in [0.2, 0.25) is 0 Å². The molecule has 0 radical (unpaired) electrons. The van der Waals surface area contributed by atoms with Gasteiger partial charge in [-0.15, -0.1) is 11.3 Å². The van der Waals surface area contributed by atoms with Gasteiger partial charge >= 0.3 is 0 Å². The number of thiophene rings is 1. The predicted octanol–water partition coefficient (Wildman–Crippen LogP) is 2.94. The molecule has 0 amide bonds. The smallest absolute Gasteiger partial charge is 0.136 e. The molecular weight excluding hydrogens is 262 g/mol. The number of carbonyl (C=O) groups is 1. The van der Waals surface area contributed by atoms with Crippen molar-refractivity contribution in [3.8, 4) is 6.07 Å². The van der Waals surface area contributed by atoms with Crippen LogP contribution >= 0.6 is 27.3 Å². The maximum atomic E-state index is 11.0. The lowest BCUT2D eigenvalue weighted by atomic mass is 9.68. The van der Waals surface area contributed by atoms with Crippen molar-refractivity contribution in [3.63, 3.8) is 0 Å². The van der Waals surface area contributed by atoms with Gasteiger partial charge in [-0.05, 0) is 28.9 Å². The number of carbonyl (C=O) groups excluding carboxylic acids is 1. The van der Waals surface area contributed by atoms with E-state index in [0.29, 0.717) is 12.8 Å². The van der Waals surface area contributed by atoms with E-state index in [1.54, 1.807) is 11.3 Å². The fourth-order valence-electron chi connectivity index (χ4n) is 1.72. The highest BCUT2D eigenvalue weighted by molar-refractivity contribution is 9.10. The Morgan fingerprint density at radius 3 is 2.64 bits per heavy atom. The van der Waals surface area contributed by atoms with E-state index in [4.69, 9.17) is 5.26 Å². The fourth-order valence-corrected chi connectivity index (χ4v) is 3.88. The first-order valence-electron chi connectivity index (χ1n) is 4.27. The largest absolute Gasteiger partial charge is 0.300 e. The molecule has 4 heteroatoms. The Bertz CT molecular complexity index is 435. The summed E-state index contributed by atoms with van der Waals surface area (Å²) >= 11 is 5.04. The van der Waals surface area contributed by atoms with Gasteiger partial charge in [0.1, 0.15) is 11.2 Å². The molecule has 1 aliphatic rings. The van der Waals surface area contributed by atoms with Crippen LogP contribution in [0, 0.1) is 18.3 Å². The van der Waals surface area contributed by atoms with Gasteiger partial charge in [0.15, 0.2) is 0 Å². The second-order valence-electron chi connectivity index (χ2n) is 3.62. The van der Waals surface area contributed by atoms with Gasteiger partial charge in [0.25, 0.3) is 0 Å². The molecule has 72 valence electrons. The fraction of sp³-hybridized carbons (Fsp3) is 0.400. The van der Waals surface area contributed by atoms with Crippen molar-refractivity contribution in [1.82, 2.24) is 0 Å². The van der Waals surface area contributed by atoms with Gasteiger partial charge in [0.2, 0.25) is 0 Å². The quantitative estimate of drug-likeness (QED) is 0.787. The molecule has 0 spiro atoms. The lowest BCUT2D eigenvalue weighted by Crippen LogP contribution is -2.39. The lowest BCUT2D eigenvalue weighted by Gasteiger charge is -2.33. The summed E-state index contributed by atoms with van der Waals surface area (Å²) in [6, 6.07) is 4.28. The molecule has 2 rings (SSSR count). The van der Waals surface area contributed by atoms with Crippen molar-refractivity contribution >= 4 is 33.0 Å². The minimum atomic E-state index is -0.533. The third-order valence-corrected chi connectivity index (χ3v) is 4.60. The van der Waals surface area contributed by atoms with E-state index in [-0.39, 0.29) is 5.78 Å². The number of aryl methyl sites for hydroxylation is 1. The van der Waals surface area contributed by atoms with Crippen LogP contribution in [-0.4, -0.2) is 5.78 Å². The zero-order valence-electron chi connectivity index (χ0n) is 7.63. The SMILES string of the molecule is Cc1cc(Br)c(C2(C#N)CC(=O)C2)s1. The molecular formula is C10H8BrNOS. The molecule has 0 N–H and O–H groups in total. The molecule has 2 nitrogen and oxygen atoms in total. The second kappa shape index (κ2) is 3.18. The summed E-state index contributed by atoms with van der Waals surface area (Å²) in [6.07, 6.45) is 0.754. The minimum absolute atomic E-state index is 0.185. The van der Waals surface area contributed by atoms with E-state index in [2.05, 4.69) is 22.0 Å². The van der Waals surface area contributed by atoms with Gasteiger partial charge in [-0.1, -0.05) is 0 Å². The summed E-state index contributed by atoms with van der Waals surface area (Å²) in [4.78, 5) is 13.2. The van der Waals surface area contributed by atoms with Crippen molar-refractivity contribution in [2.75, 3.05) is 0 Å². The normalized spacial score (nSPS) is 18.8. The second-order valence-corrected chi connectivity index (χ2v) is 5.73. The van der Waals surface area contributed by atoms with E-state index in [1.165, 1.54) is 4.88 Å². The minimum Gasteiger partial charge on any atom is -0.300 e. The Morgan fingerprint density at radius 2 is 2.29 bits per heavy atom. The Balaban J connectivity index is 2.44. The highest BCUT2D eigenvalue weighted by Gasteiger charge is 2.47. The van der Waals surface area contributed by atoms with E-state index < -0.39 is 5.41 Å². The van der Waals surface area contributed by atoms with Crippen LogP contribution in [0.3, 0.4) is 0 Å². The van der Waals surface area contributed by atoms with Gasteiger partial charge in [0, 0.05) is 27.1 Å². The zero-order valence-corrected chi connectivity index (χ0v) is 10.0. The summed E-state index contributed by atoms with van der Waals surface area (Å²) in [7, 11) is 0. The number of Topliss-reactive ketones (excluding diaryl/α,β-unsaturated/α-hetero) is 1. The van der Waals surface area contributed by atoms with Crippen molar-refractivity contribution in [3.05, 3.63) is 20.3 Å². The third kappa shape index (κ3) is 1.32. The number of rotatable bonds is 1. The molecule has 0 bridgehead atoms. The molecule has 0 aromatic carbocycles. The molecule has 0 atom stereocenters. The Labute approximate surface area is 94.7 Å². The van der Waals surface area contributed by atoms with Crippen LogP contribution < -0.4 is 0 Å². The van der Waals surface area contributed by atoms with Crippen LogP contribution in [0.15, 0.2) is 10.5 Å². The first-order chi connectivity index (χ1) is 6.57. The molecule has 1 aliphatic carbocycles. The number of halogens is 1. The van der Waals surface area contributed by atoms with Gasteiger partial charge in [-0.2, -0.15) is 5.26 Å². The monoisotopic (exact) mass is 269 g/mol. The molecule has 1 heterocycles. The average Bonchev–Trinajstić information content (AvgIpc) is 2.40. The Morgan fingerprint density at radius 1 is 1.64 bits per heavy atom. The highest BCUT2D eigenvalue weighted by Crippen LogP contribution is 2.47. The Kier molecular flexibility index (Phi) is 2.24. The topological polar surface area (TPSA) is 40.9 Å². The van der Waals surface area contributed by atoms with Crippen LogP contribution in [0.5, 0.6) is 0 Å². The first kappa shape index (κ1) is 9.88. The van der Waals surface area contributed by atoms with Gasteiger partial charge in [-0.25, -0.2) is 0 Å². The summed E-state index contributed by atoms with van der Waals surface area (Å²) in [5.74, 6) is 0.185. The Hall–Kier alpha value is -0.660. The molecule has 1 aromatic heterocycles. The average molecular weight is 270 g/mol. The van der Waals surface area contributed by atoms with Gasteiger partial charge < -0.3 is 0 Å². The van der Waals surface area contributed by atoms with Gasteiger partial charge in [0.05, 0.1) is 6.07 Å². The number of hydrogen-bond donors (Lipinski definition) is 0. The number of hydrogen-bond acceptors (Lipinski definition) is 3. The summed E-state index contributed by atoms with van der Waals surface area (Å²) in [6.45, 7) is 2.00. The molecule has 0 saturated heterocycles. The molecule has 1 aromatic rings. The number of nitriles is 1. The van der Waals surface area contributed by atoms with Crippen LogP contribution in [0.1, 0.15) is 22.6 Å². The van der Waals surface area contributed by atoms with E-state index in [9.17, 15) is 4.79 Å². The molecule has 1 saturated carbocycles. The maximum Gasteiger partial charge on any atom is 0.136 e. The van der Waals surface area contributed by atoms with Crippen molar-refractivity contribution in [2.45, 2.75) is 25.2 Å². The van der Waals surface area contributed by atoms with Crippen LogP contribution in [-0.2, 0) is 10.2 Å². The van der Waals surface area contributed by atoms with Gasteiger partial charge in [-0.3, -0.25) is 4.79 Å². The maximum absolute atomic E-state index is 11.0. The van der Waals surface area contributed by atoms with Crippen LogP contribution in [0.25, 0.3) is 0 Å². The molecule has 0 unspecified atom stereocenters. The van der Waals surface area contributed by atoms with Crippen LogP contribution in [0.4, 0.5) is 0 Å². The summed E-state index contributed by atoms with van der Waals surface area (Å²) in [5, 5.41) is 9.13. The molecule has 0 aliphatic heterocycles. The molecule has 1 fully saturated rings. The molecule has 14 heavy (non-hydrogen) atoms. The first-order valence-corrected chi connectivity index (χ1v) is 5.88. The zero-order chi connectivity index (χ0) is 10.3. The predicted molar refractivity (Wildman–Crippen MR) is 58.3 cm³/mol. The van der Waals surface area contributed by atoms with E-state index in [1.807, 2.05) is 13.0 Å². The van der Waals surface area contributed by atoms with Crippen molar-refractivity contribution < 1.29 is 4.79 Å². The van der Waals surface area contributed by atoms with E-state index in [0.717, 1.165) is 9.35 Å². The standard InChI is InChI=1S/C10H8BrNOS/c1-6-2-8(11)9(14-6)10(5-12)3-7(13)4-10/h2H,3-4H2,1H3. The number of nitrogens with zero attached hydrogens (tertiary/aromatic N) is 1. The summed E-state index contributed by atoms with van der Waals surface area (Å²) in [5.41, 5.74) is -0.533. The lowest BCUT2D eigenvalue weighted by molar-refractivity contribution is -0.126. The summed E-state index contributed by atoms with van der Waals surface area (Å²) < 4.78 is 0.967. The highest BCUT2D eigenvalue weighted by atomic mass is 79.9. The van der Waals surface area contributed by atoms with Crippen molar-refractivity contribution in [2.24, 2.45) is 0 Å². The third-order valence-electron chi connectivity index (χ3n) is 2.46. The van der Waals surface area contributed by atoms with E-state index >= 15 is 0 Å². The van der Waals surface area contributed by atoms with Crippen molar-refractivity contribution in [1.29, 1.82) is 5.26 Å².